The van der Waals surface area contributed by atoms with Crippen molar-refractivity contribution in [2.45, 2.75) is 25.7 Å². The number of halogens is 1. The van der Waals surface area contributed by atoms with Gasteiger partial charge in [0.15, 0.2) is 0 Å². The van der Waals surface area contributed by atoms with E-state index in [-0.39, 0.29) is 12.1 Å². The maximum absolute atomic E-state index is 6.07. The van der Waals surface area contributed by atoms with Crippen LogP contribution in [0.1, 0.15) is 24.1 Å². The van der Waals surface area contributed by atoms with E-state index in [2.05, 4.69) is 0 Å². The van der Waals surface area contributed by atoms with Gasteiger partial charge in [-0.15, -0.1) is 0 Å². The Labute approximate surface area is 82.6 Å². The Bertz CT molecular complexity index is 327. The fourth-order valence-electron chi connectivity index (χ4n) is 1.64. The minimum absolute atomic E-state index is 0.0485. The van der Waals surface area contributed by atoms with E-state index in [9.17, 15) is 0 Å². The fraction of sp³-hybridized carbons (Fsp3) is 0.400. The summed E-state index contributed by atoms with van der Waals surface area (Å²) in [6.45, 7) is 2.59. The molecule has 1 aliphatic rings. The Kier molecular flexibility index (Phi) is 2.28. The summed E-state index contributed by atoms with van der Waals surface area (Å²) in [5.74, 6) is 0. The molecule has 1 aromatic rings. The van der Waals surface area contributed by atoms with Gasteiger partial charge in [0.1, 0.15) is 0 Å². The lowest BCUT2D eigenvalue weighted by atomic mass is 9.95. The summed E-state index contributed by atoms with van der Waals surface area (Å²) in [7, 11) is 0. The SMILES string of the molecule is C[C@H]1OCc2cccc(Cl)c2C1N. The Morgan fingerprint density at radius 1 is 1.54 bits per heavy atom. The number of ether oxygens (including phenoxy) is 1. The average Bonchev–Trinajstić information content (AvgIpc) is 2.12. The van der Waals surface area contributed by atoms with E-state index < -0.39 is 0 Å². The highest BCUT2D eigenvalue weighted by molar-refractivity contribution is 6.31. The van der Waals surface area contributed by atoms with Gasteiger partial charge in [0, 0.05) is 5.02 Å². The van der Waals surface area contributed by atoms with Gasteiger partial charge in [0.05, 0.1) is 18.8 Å². The summed E-state index contributed by atoms with van der Waals surface area (Å²) in [5.41, 5.74) is 8.13. The van der Waals surface area contributed by atoms with Gasteiger partial charge in [-0.3, -0.25) is 0 Å². The molecule has 1 aliphatic heterocycles. The zero-order chi connectivity index (χ0) is 9.42. The number of fused-ring (bicyclic) bond motifs is 1. The molecule has 0 amide bonds. The van der Waals surface area contributed by atoms with Crippen molar-refractivity contribution in [1.82, 2.24) is 0 Å². The van der Waals surface area contributed by atoms with Crippen LogP contribution in [0.4, 0.5) is 0 Å². The van der Waals surface area contributed by atoms with Crippen LogP contribution in [0.5, 0.6) is 0 Å². The van der Waals surface area contributed by atoms with Crippen LogP contribution in [0.3, 0.4) is 0 Å². The first-order chi connectivity index (χ1) is 6.20. The number of benzene rings is 1. The summed E-state index contributed by atoms with van der Waals surface area (Å²) in [5, 5.41) is 0.750. The number of hydrogen-bond acceptors (Lipinski definition) is 2. The first-order valence-electron chi connectivity index (χ1n) is 4.34. The van der Waals surface area contributed by atoms with Crippen molar-refractivity contribution in [3.05, 3.63) is 34.3 Å². The van der Waals surface area contributed by atoms with Crippen LogP contribution in [0.15, 0.2) is 18.2 Å². The molecular formula is C10H12ClNO. The molecule has 1 unspecified atom stereocenters. The third kappa shape index (κ3) is 1.46. The lowest BCUT2D eigenvalue weighted by Gasteiger charge is -2.29. The smallest absolute Gasteiger partial charge is 0.0744 e. The maximum atomic E-state index is 6.07. The lowest BCUT2D eigenvalue weighted by molar-refractivity contribution is 0.0214. The van der Waals surface area contributed by atoms with Crippen LogP contribution in [0, 0.1) is 0 Å². The highest BCUT2D eigenvalue weighted by Gasteiger charge is 2.25. The Morgan fingerprint density at radius 2 is 2.31 bits per heavy atom. The molecule has 2 atom stereocenters. The van der Waals surface area contributed by atoms with E-state index >= 15 is 0 Å². The number of nitrogens with two attached hydrogens (primary N) is 1. The summed E-state index contributed by atoms with van der Waals surface area (Å²) >= 11 is 6.07. The normalized spacial score (nSPS) is 27.0. The van der Waals surface area contributed by atoms with Crippen molar-refractivity contribution in [1.29, 1.82) is 0 Å². The van der Waals surface area contributed by atoms with Gasteiger partial charge in [0.25, 0.3) is 0 Å². The van der Waals surface area contributed by atoms with E-state index in [1.165, 1.54) is 0 Å². The zero-order valence-electron chi connectivity index (χ0n) is 7.46. The molecule has 0 saturated heterocycles. The van der Waals surface area contributed by atoms with E-state index in [1.807, 2.05) is 25.1 Å². The molecule has 2 rings (SSSR count). The van der Waals surface area contributed by atoms with Crippen molar-refractivity contribution in [2.24, 2.45) is 5.73 Å². The summed E-state index contributed by atoms with van der Waals surface area (Å²) in [6.07, 6.45) is 0.0485. The Hall–Kier alpha value is -0.570. The second-order valence-corrected chi connectivity index (χ2v) is 3.76. The zero-order valence-corrected chi connectivity index (χ0v) is 8.21. The fourth-order valence-corrected chi connectivity index (χ4v) is 1.96. The first kappa shape index (κ1) is 9.00. The molecule has 0 spiro atoms. The largest absolute Gasteiger partial charge is 0.372 e. The molecule has 2 N–H and O–H groups in total. The highest BCUT2D eigenvalue weighted by Crippen LogP contribution is 2.32. The Balaban J connectivity index is 2.51. The molecule has 0 bridgehead atoms. The van der Waals surface area contributed by atoms with Crippen LogP contribution in [-0.4, -0.2) is 6.10 Å². The van der Waals surface area contributed by atoms with Gasteiger partial charge in [-0.05, 0) is 24.1 Å². The van der Waals surface area contributed by atoms with Gasteiger partial charge >= 0.3 is 0 Å². The van der Waals surface area contributed by atoms with Gasteiger partial charge in [-0.2, -0.15) is 0 Å². The first-order valence-corrected chi connectivity index (χ1v) is 4.72. The van der Waals surface area contributed by atoms with E-state index in [0.717, 1.165) is 16.1 Å². The van der Waals surface area contributed by atoms with E-state index in [0.29, 0.717) is 6.61 Å². The topological polar surface area (TPSA) is 35.2 Å². The van der Waals surface area contributed by atoms with Gasteiger partial charge in [-0.25, -0.2) is 0 Å². The summed E-state index contributed by atoms with van der Waals surface area (Å²) in [6, 6.07) is 5.70. The molecule has 70 valence electrons. The van der Waals surface area contributed by atoms with Crippen LogP contribution >= 0.6 is 11.6 Å². The van der Waals surface area contributed by atoms with Crippen molar-refractivity contribution in [3.8, 4) is 0 Å². The molecule has 13 heavy (non-hydrogen) atoms. The monoisotopic (exact) mass is 197 g/mol. The predicted molar refractivity (Wildman–Crippen MR) is 52.6 cm³/mol. The summed E-state index contributed by atoms with van der Waals surface area (Å²) in [4.78, 5) is 0. The van der Waals surface area contributed by atoms with Crippen LogP contribution in [0.25, 0.3) is 0 Å². The van der Waals surface area contributed by atoms with E-state index in [1.54, 1.807) is 0 Å². The highest BCUT2D eigenvalue weighted by atomic mass is 35.5. The molecule has 0 saturated carbocycles. The van der Waals surface area contributed by atoms with Crippen molar-refractivity contribution >= 4 is 11.6 Å². The predicted octanol–water partition coefficient (Wildman–Crippen LogP) is 2.26. The maximum Gasteiger partial charge on any atom is 0.0744 e. The standard InChI is InChI=1S/C10H12ClNO/c1-6-10(12)9-7(5-13-6)3-2-4-8(9)11/h2-4,6,10H,5,12H2,1H3/t6-,10?/m1/s1. The molecular weight excluding hydrogens is 186 g/mol. The molecule has 1 aromatic carbocycles. The van der Waals surface area contributed by atoms with Crippen LogP contribution in [0.2, 0.25) is 5.02 Å². The molecule has 0 aromatic heterocycles. The minimum Gasteiger partial charge on any atom is -0.372 e. The third-order valence-corrected chi connectivity index (χ3v) is 2.81. The molecule has 2 nitrogen and oxygen atoms in total. The molecule has 0 aliphatic carbocycles. The lowest BCUT2D eigenvalue weighted by Crippen LogP contribution is -2.31. The summed E-state index contributed by atoms with van der Waals surface area (Å²) < 4.78 is 5.49. The van der Waals surface area contributed by atoms with Crippen molar-refractivity contribution in [2.75, 3.05) is 0 Å². The molecule has 0 fully saturated rings. The van der Waals surface area contributed by atoms with Crippen LogP contribution < -0.4 is 5.73 Å². The van der Waals surface area contributed by atoms with Gasteiger partial charge in [0.2, 0.25) is 0 Å². The van der Waals surface area contributed by atoms with Gasteiger partial charge in [-0.1, -0.05) is 23.7 Å². The average molecular weight is 198 g/mol. The molecule has 3 heteroatoms. The van der Waals surface area contributed by atoms with Gasteiger partial charge < -0.3 is 10.5 Å². The van der Waals surface area contributed by atoms with Crippen molar-refractivity contribution in [3.63, 3.8) is 0 Å². The quantitative estimate of drug-likeness (QED) is 0.693. The number of hydrogen-bond donors (Lipinski definition) is 1. The molecule has 0 radical (unpaired) electrons. The second kappa shape index (κ2) is 3.29. The van der Waals surface area contributed by atoms with E-state index in [4.69, 9.17) is 22.1 Å². The second-order valence-electron chi connectivity index (χ2n) is 3.35. The molecule has 1 heterocycles. The van der Waals surface area contributed by atoms with Crippen LogP contribution in [-0.2, 0) is 11.3 Å². The minimum atomic E-state index is -0.0996. The third-order valence-electron chi connectivity index (χ3n) is 2.48. The van der Waals surface area contributed by atoms with Crippen molar-refractivity contribution < 1.29 is 4.74 Å². The Morgan fingerprint density at radius 3 is 3.08 bits per heavy atom. The number of rotatable bonds is 0.